The second kappa shape index (κ2) is 8.51. The third-order valence-corrected chi connectivity index (χ3v) is 5.39. The summed E-state index contributed by atoms with van der Waals surface area (Å²) in [6.07, 6.45) is 0.771. The maximum atomic E-state index is 13.0. The van der Waals surface area contributed by atoms with E-state index in [1.165, 1.54) is 0 Å². The van der Waals surface area contributed by atoms with Crippen LogP contribution in [0.3, 0.4) is 0 Å². The average molecular weight is 399 g/mol. The lowest BCUT2D eigenvalue weighted by Crippen LogP contribution is -2.32. The van der Waals surface area contributed by atoms with Gasteiger partial charge in [-0.1, -0.05) is 48.5 Å². The topological polar surface area (TPSA) is 52.7 Å². The molecule has 0 aromatic heterocycles. The summed E-state index contributed by atoms with van der Waals surface area (Å²) in [5.74, 6) is -0.0794. The largest absolute Gasteiger partial charge is 0.324 e. The van der Waals surface area contributed by atoms with Crippen LogP contribution in [-0.2, 0) is 11.2 Å². The van der Waals surface area contributed by atoms with E-state index in [0.29, 0.717) is 12.1 Å². The summed E-state index contributed by atoms with van der Waals surface area (Å²) in [6, 6.07) is 24.4. The molecule has 0 fully saturated rings. The number of anilines is 2. The molecule has 2 amide bonds. The Hall–Kier alpha value is -3.44. The van der Waals surface area contributed by atoms with Gasteiger partial charge in [0, 0.05) is 23.5 Å². The van der Waals surface area contributed by atoms with E-state index in [1.807, 2.05) is 103 Å². The summed E-state index contributed by atoms with van der Waals surface area (Å²) in [5, 5.41) is 3.04. The molecule has 1 atom stereocenters. The smallest absolute Gasteiger partial charge is 0.258 e. The molecule has 1 aliphatic rings. The molecule has 3 aromatic carbocycles. The van der Waals surface area contributed by atoms with E-state index in [4.69, 9.17) is 0 Å². The number of hydrogen-bond donors (Lipinski definition) is 1. The van der Waals surface area contributed by atoms with Crippen LogP contribution >= 0.6 is 0 Å². The lowest BCUT2D eigenvalue weighted by Gasteiger charge is -2.24. The van der Waals surface area contributed by atoms with Gasteiger partial charge in [0.25, 0.3) is 5.91 Å². The van der Waals surface area contributed by atoms with Crippen LogP contribution in [0.2, 0.25) is 0 Å². The number of benzene rings is 3. The number of carbonyl (C=O) groups excluding carboxylic acids is 2. The van der Waals surface area contributed by atoms with Gasteiger partial charge < -0.3 is 10.2 Å². The van der Waals surface area contributed by atoms with Gasteiger partial charge in [-0.2, -0.15) is 0 Å². The van der Waals surface area contributed by atoms with Gasteiger partial charge in [0.15, 0.2) is 0 Å². The predicted octanol–water partition coefficient (Wildman–Crippen LogP) is 4.13. The summed E-state index contributed by atoms with van der Waals surface area (Å²) in [7, 11) is 3.79. The SMILES string of the molecule is CN(C)C(C(=O)Nc1ccc2c(c1)CCN2C(=O)c1ccccc1)c1ccccc1. The first kappa shape index (κ1) is 19.9. The first-order chi connectivity index (χ1) is 14.5. The van der Waals surface area contributed by atoms with E-state index in [9.17, 15) is 9.59 Å². The number of fused-ring (bicyclic) bond motifs is 1. The number of amides is 2. The normalized spacial score (nSPS) is 13.8. The molecule has 3 aromatic rings. The molecule has 1 aliphatic heterocycles. The van der Waals surface area contributed by atoms with Gasteiger partial charge >= 0.3 is 0 Å². The van der Waals surface area contributed by atoms with E-state index in [0.717, 1.165) is 28.9 Å². The van der Waals surface area contributed by atoms with E-state index in [1.54, 1.807) is 0 Å². The Labute approximate surface area is 176 Å². The van der Waals surface area contributed by atoms with Gasteiger partial charge in [-0.3, -0.25) is 14.5 Å². The zero-order valence-corrected chi connectivity index (χ0v) is 17.2. The van der Waals surface area contributed by atoms with Crippen LogP contribution in [-0.4, -0.2) is 37.4 Å². The highest BCUT2D eigenvalue weighted by molar-refractivity contribution is 6.07. The molecule has 0 spiro atoms. The lowest BCUT2D eigenvalue weighted by molar-refractivity contribution is -0.120. The van der Waals surface area contributed by atoms with Crippen molar-refractivity contribution in [1.29, 1.82) is 0 Å². The molecule has 5 nitrogen and oxygen atoms in total. The minimum Gasteiger partial charge on any atom is -0.324 e. The fourth-order valence-corrected chi connectivity index (χ4v) is 3.96. The van der Waals surface area contributed by atoms with Gasteiger partial charge in [-0.05, 0) is 62.0 Å². The molecular formula is C25H25N3O2. The summed E-state index contributed by atoms with van der Waals surface area (Å²) < 4.78 is 0. The molecule has 30 heavy (non-hydrogen) atoms. The minimum absolute atomic E-state index is 0.00267. The molecule has 0 aliphatic carbocycles. The van der Waals surface area contributed by atoms with E-state index in [2.05, 4.69) is 5.32 Å². The summed E-state index contributed by atoms with van der Waals surface area (Å²) in [4.78, 5) is 29.5. The molecule has 0 radical (unpaired) electrons. The van der Waals surface area contributed by atoms with Crippen molar-refractivity contribution >= 4 is 23.2 Å². The second-order valence-electron chi connectivity index (χ2n) is 7.68. The van der Waals surface area contributed by atoms with Crippen LogP contribution in [0.15, 0.2) is 78.9 Å². The highest BCUT2D eigenvalue weighted by Crippen LogP contribution is 2.32. The van der Waals surface area contributed by atoms with E-state index < -0.39 is 0 Å². The zero-order chi connectivity index (χ0) is 21.1. The van der Waals surface area contributed by atoms with Crippen molar-refractivity contribution in [3.63, 3.8) is 0 Å². The van der Waals surface area contributed by atoms with Crippen LogP contribution in [0, 0.1) is 0 Å². The number of nitrogens with one attached hydrogen (secondary N) is 1. The van der Waals surface area contributed by atoms with Crippen LogP contribution in [0.4, 0.5) is 11.4 Å². The van der Waals surface area contributed by atoms with Crippen molar-refractivity contribution in [1.82, 2.24) is 4.90 Å². The standard InChI is InChI=1S/C25H25N3O2/c1-27(2)23(18-9-5-3-6-10-18)24(29)26-21-13-14-22-20(17-21)15-16-28(22)25(30)19-11-7-4-8-12-19/h3-14,17,23H,15-16H2,1-2H3,(H,26,29). The fourth-order valence-electron chi connectivity index (χ4n) is 3.96. The molecule has 0 saturated carbocycles. The first-order valence-electron chi connectivity index (χ1n) is 10.1. The molecule has 1 heterocycles. The summed E-state index contributed by atoms with van der Waals surface area (Å²) in [6.45, 7) is 0.644. The minimum atomic E-state index is -0.379. The molecule has 0 bridgehead atoms. The Bertz CT molecular complexity index is 1050. The van der Waals surface area contributed by atoms with Crippen molar-refractivity contribution < 1.29 is 9.59 Å². The quantitative estimate of drug-likeness (QED) is 0.702. The van der Waals surface area contributed by atoms with Crippen molar-refractivity contribution in [2.75, 3.05) is 30.9 Å². The maximum absolute atomic E-state index is 13.0. The maximum Gasteiger partial charge on any atom is 0.258 e. The number of rotatable bonds is 5. The molecule has 1 unspecified atom stereocenters. The molecular weight excluding hydrogens is 374 g/mol. The second-order valence-corrected chi connectivity index (χ2v) is 7.68. The van der Waals surface area contributed by atoms with Gasteiger partial charge in [0.1, 0.15) is 6.04 Å². The Morgan fingerprint density at radius 1 is 0.933 bits per heavy atom. The predicted molar refractivity (Wildman–Crippen MR) is 120 cm³/mol. The molecule has 4 rings (SSSR count). The average Bonchev–Trinajstić information content (AvgIpc) is 3.17. The van der Waals surface area contributed by atoms with Gasteiger partial charge in [-0.15, -0.1) is 0 Å². The van der Waals surface area contributed by atoms with Gasteiger partial charge in [0.05, 0.1) is 0 Å². The third kappa shape index (κ3) is 3.98. The van der Waals surface area contributed by atoms with Gasteiger partial charge in [0.2, 0.25) is 5.91 Å². The van der Waals surface area contributed by atoms with Gasteiger partial charge in [-0.25, -0.2) is 0 Å². The van der Waals surface area contributed by atoms with Crippen molar-refractivity contribution in [2.45, 2.75) is 12.5 Å². The third-order valence-electron chi connectivity index (χ3n) is 5.39. The lowest BCUT2D eigenvalue weighted by atomic mass is 10.0. The first-order valence-corrected chi connectivity index (χ1v) is 10.1. The Kier molecular flexibility index (Phi) is 5.63. The van der Waals surface area contributed by atoms with Crippen LogP contribution in [0.5, 0.6) is 0 Å². The Morgan fingerprint density at radius 3 is 2.27 bits per heavy atom. The molecule has 5 heteroatoms. The summed E-state index contributed by atoms with van der Waals surface area (Å²) >= 11 is 0. The fraction of sp³-hybridized carbons (Fsp3) is 0.200. The summed E-state index contributed by atoms with van der Waals surface area (Å²) in [5.41, 5.74) is 4.35. The number of hydrogen-bond acceptors (Lipinski definition) is 3. The molecule has 1 N–H and O–H groups in total. The van der Waals surface area contributed by atoms with Crippen molar-refractivity contribution in [3.05, 3.63) is 95.6 Å². The zero-order valence-electron chi connectivity index (χ0n) is 17.2. The number of likely N-dealkylation sites (N-methyl/N-ethyl adjacent to an activating group) is 1. The Morgan fingerprint density at radius 2 is 1.60 bits per heavy atom. The number of nitrogens with zero attached hydrogens (tertiary/aromatic N) is 2. The van der Waals surface area contributed by atoms with Crippen molar-refractivity contribution in [2.24, 2.45) is 0 Å². The highest BCUT2D eigenvalue weighted by atomic mass is 16.2. The van der Waals surface area contributed by atoms with Crippen LogP contribution in [0.25, 0.3) is 0 Å². The molecule has 152 valence electrons. The Balaban J connectivity index is 1.52. The van der Waals surface area contributed by atoms with Crippen LogP contribution in [0.1, 0.15) is 27.5 Å². The van der Waals surface area contributed by atoms with E-state index in [-0.39, 0.29) is 17.9 Å². The molecule has 0 saturated heterocycles. The number of carbonyl (C=O) groups is 2. The van der Waals surface area contributed by atoms with Crippen molar-refractivity contribution in [3.8, 4) is 0 Å². The van der Waals surface area contributed by atoms with Crippen LogP contribution < -0.4 is 10.2 Å². The van der Waals surface area contributed by atoms with E-state index >= 15 is 0 Å². The highest BCUT2D eigenvalue weighted by Gasteiger charge is 2.27. The monoisotopic (exact) mass is 399 g/mol.